The Morgan fingerprint density at radius 1 is 1.30 bits per heavy atom. The van der Waals surface area contributed by atoms with Crippen molar-refractivity contribution in [2.24, 2.45) is 5.92 Å². The number of esters is 1. The van der Waals surface area contributed by atoms with Crippen molar-refractivity contribution in [2.75, 3.05) is 12.4 Å². The summed E-state index contributed by atoms with van der Waals surface area (Å²) in [5.41, 5.74) is 0. The van der Waals surface area contributed by atoms with E-state index < -0.39 is 0 Å². The van der Waals surface area contributed by atoms with Crippen LogP contribution in [0.2, 0.25) is 0 Å². The van der Waals surface area contributed by atoms with Crippen LogP contribution in [0.25, 0.3) is 0 Å². The van der Waals surface area contributed by atoms with E-state index in [-0.39, 0.29) is 18.0 Å². The van der Waals surface area contributed by atoms with E-state index >= 15 is 0 Å². The highest BCUT2D eigenvalue weighted by Crippen LogP contribution is 2.24. The summed E-state index contributed by atoms with van der Waals surface area (Å²) >= 11 is 1.34. The van der Waals surface area contributed by atoms with E-state index in [2.05, 4.69) is 32.5 Å². The zero-order valence-corrected chi connectivity index (χ0v) is 14.4. The number of ether oxygens (including phenoxy) is 1. The Balaban J connectivity index is 1.74. The molecule has 0 bridgehead atoms. The minimum atomic E-state index is -0.228. The Morgan fingerprint density at radius 2 is 2.09 bits per heavy atom. The Morgan fingerprint density at radius 3 is 2.83 bits per heavy atom. The molecule has 7 nitrogen and oxygen atoms in total. The molecule has 2 amide bonds. The smallest absolute Gasteiger partial charge is 0.321 e. The van der Waals surface area contributed by atoms with E-state index in [0.717, 1.165) is 17.8 Å². The van der Waals surface area contributed by atoms with E-state index in [0.29, 0.717) is 30.3 Å². The van der Waals surface area contributed by atoms with Gasteiger partial charge in [0, 0.05) is 18.9 Å². The fourth-order valence-corrected chi connectivity index (χ4v) is 3.50. The lowest BCUT2D eigenvalue weighted by molar-refractivity contribution is -0.140. The van der Waals surface area contributed by atoms with Gasteiger partial charge in [-0.25, -0.2) is 4.79 Å². The number of methoxy groups -OCH3 is 1. The summed E-state index contributed by atoms with van der Waals surface area (Å²) in [5.74, 6) is 0.284. The molecule has 1 heterocycles. The molecule has 0 aromatic carbocycles. The number of carbonyl (C=O) groups excluding carboxylic acids is 2. The van der Waals surface area contributed by atoms with Crippen LogP contribution in [0, 0.1) is 5.92 Å². The maximum absolute atomic E-state index is 12.0. The Kier molecular flexibility index (Phi) is 6.76. The molecule has 0 saturated heterocycles. The van der Waals surface area contributed by atoms with Gasteiger partial charge in [-0.2, -0.15) is 0 Å². The van der Waals surface area contributed by atoms with Gasteiger partial charge in [0.1, 0.15) is 5.01 Å². The highest BCUT2D eigenvalue weighted by Gasteiger charge is 2.23. The van der Waals surface area contributed by atoms with Crippen LogP contribution in [0.1, 0.15) is 50.5 Å². The topological polar surface area (TPSA) is 93.2 Å². The van der Waals surface area contributed by atoms with Gasteiger partial charge in [0.25, 0.3) is 0 Å². The number of anilines is 1. The van der Waals surface area contributed by atoms with Gasteiger partial charge < -0.3 is 10.1 Å². The monoisotopic (exact) mass is 340 g/mol. The van der Waals surface area contributed by atoms with Crippen LogP contribution in [-0.4, -0.2) is 35.3 Å². The number of hydrogen-bond donors (Lipinski definition) is 2. The van der Waals surface area contributed by atoms with Crippen LogP contribution in [0.3, 0.4) is 0 Å². The maximum atomic E-state index is 12.0. The molecule has 2 atom stereocenters. The molecule has 1 fully saturated rings. The van der Waals surface area contributed by atoms with Crippen LogP contribution in [0.15, 0.2) is 0 Å². The standard InChI is InChI=1S/C15H24N4O3S/c1-10-6-3-4-7-11(10)16-14(21)17-15-19-18-12(23-15)8-5-9-13(20)22-2/h10-11H,3-9H2,1-2H3,(H2,16,17,19,21). The van der Waals surface area contributed by atoms with Crippen LogP contribution in [0.5, 0.6) is 0 Å². The molecule has 2 rings (SSSR count). The third-order valence-corrected chi connectivity index (χ3v) is 5.01. The first-order chi connectivity index (χ1) is 11.1. The molecule has 2 N–H and O–H groups in total. The third kappa shape index (κ3) is 5.78. The minimum Gasteiger partial charge on any atom is -0.469 e. The van der Waals surface area contributed by atoms with Crippen molar-refractivity contribution < 1.29 is 14.3 Å². The summed E-state index contributed by atoms with van der Waals surface area (Å²) in [5, 5.41) is 15.0. The molecule has 1 aromatic rings. The van der Waals surface area contributed by atoms with Gasteiger partial charge in [0.05, 0.1) is 7.11 Å². The van der Waals surface area contributed by atoms with Crippen molar-refractivity contribution in [2.45, 2.75) is 57.9 Å². The number of amides is 2. The van der Waals surface area contributed by atoms with Gasteiger partial charge >= 0.3 is 12.0 Å². The molecule has 1 saturated carbocycles. The summed E-state index contributed by atoms with van der Waals surface area (Å²) in [4.78, 5) is 23.1. The SMILES string of the molecule is COC(=O)CCCc1nnc(NC(=O)NC2CCCCC2C)s1. The number of aryl methyl sites for hydroxylation is 1. The van der Waals surface area contributed by atoms with Gasteiger partial charge in [-0.1, -0.05) is 31.1 Å². The number of aromatic nitrogens is 2. The van der Waals surface area contributed by atoms with Gasteiger partial charge in [0.2, 0.25) is 5.13 Å². The first-order valence-electron chi connectivity index (χ1n) is 8.05. The normalized spacial score (nSPS) is 20.8. The molecule has 23 heavy (non-hydrogen) atoms. The summed E-state index contributed by atoms with van der Waals surface area (Å²) in [6.45, 7) is 2.18. The summed E-state index contributed by atoms with van der Waals surface area (Å²) < 4.78 is 4.59. The molecular weight excluding hydrogens is 316 g/mol. The Labute approximate surface area is 140 Å². The van der Waals surface area contributed by atoms with E-state index in [1.54, 1.807) is 0 Å². The number of nitrogens with zero attached hydrogens (tertiary/aromatic N) is 2. The van der Waals surface area contributed by atoms with Crippen molar-refractivity contribution in [1.82, 2.24) is 15.5 Å². The van der Waals surface area contributed by atoms with Crippen molar-refractivity contribution >= 4 is 28.5 Å². The zero-order valence-electron chi connectivity index (χ0n) is 13.6. The highest BCUT2D eigenvalue weighted by molar-refractivity contribution is 7.15. The van der Waals surface area contributed by atoms with E-state index in [1.807, 2.05) is 0 Å². The maximum Gasteiger partial charge on any atom is 0.321 e. The first-order valence-corrected chi connectivity index (χ1v) is 8.87. The van der Waals surface area contributed by atoms with Crippen LogP contribution in [0.4, 0.5) is 9.93 Å². The first kappa shape index (κ1) is 17.7. The van der Waals surface area contributed by atoms with Gasteiger partial charge in [-0.3, -0.25) is 10.1 Å². The van der Waals surface area contributed by atoms with E-state index in [1.165, 1.54) is 31.3 Å². The largest absolute Gasteiger partial charge is 0.469 e. The number of rotatable bonds is 6. The lowest BCUT2D eigenvalue weighted by Crippen LogP contribution is -2.43. The number of carbonyl (C=O) groups is 2. The molecule has 0 aliphatic heterocycles. The molecule has 0 spiro atoms. The van der Waals surface area contributed by atoms with Crippen molar-refractivity contribution in [3.05, 3.63) is 5.01 Å². The summed E-state index contributed by atoms with van der Waals surface area (Å²) in [6.07, 6.45) is 6.27. The fraction of sp³-hybridized carbons (Fsp3) is 0.733. The summed E-state index contributed by atoms with van der Waals surface area (Å²) in [6, 6.07) is 0.0113. The molecule has 1 aliphatic rings. The lowest BCUT2D eigenvalue weighted by Gasteiger charge is -2.29. The van der Waals surface area contributed by atoms with E-state index in [4.69, 9.17) is 0 Å². The van der Waals surface area contributed by atoms with Gasteiger partial charge in [0.15, 0.2) is 0 Å². The predicted octanol–water partition coefficient (Wildman–Crippen LogP) is 2.73. The number of urea groups is 1. The Bertz CT molecular complexity index is 535. The molecule has 1 aliphatic carbocycles. The Hall–Kier alpha value is -1.70. The molecule has 8 heteroatoms. The van der Waals surface area contributed by atoms with Gasteiger partial charge in [-0.15, -0.1) is 10.2 Å². The quantitative estimate of drug-likeness (QED) is 0.777. The average Bonchev–Trinajstić information content (AvgIpc) is 2.96. The average molecular weight is 340 g/mol. The van der Waals surface area contributed by atoms with Gasteiger partial charge in [-0.05, 0) is 25.2 Å². The summed E-state index contributed by atoms with van der Waals surface area (Å²) in [7, 11) is 1.38. The zero-order chi connectivity index (χ0) is 16.7. The molecular formula is C15H24N4O3S. The van der Waals surface area contributed by atoms with Crippen LogP contribution < -0.4 is 10.6 Å². The van der Waals surface area contributed by atoms with E-state index in [9.17, 15) is 9.59 Å². The fourth-order valence-electron chi connectivity index (χ4n) is 2.72. The predicted molar refractivity (Wildman–Crippen MR) is 88.4 cm³/mol. The number of nitrogens with one attached hydrogen (secondary N) is 2. The highest BCUT2D eigenvalue weighted by atomic mass is 32.1. The van der Waals surface area contributed by atoms with Crippen LogP contribution in [-0.2, 0) is 16.0 Å². The molecule has 2 unspecified atom stereocenters. The van der Waals surface area contributed by atoms with Crippen molar-refractivity contribution in [3.63, 3.8) is 0 Å². The minimum absolute atomic E-state index is 0.221. The second kappa shape index (κ2) is 8.81. The molecule has 128 valence electrons. The van der Waals surface area contributed by atoms with Crippen molar-refractivity contribution in [1.29, 1.82) is 0 Å². The van der Waals surface area contributed by atoms with Crippen molar-refractivity contribution in [3.8, 4) is 0 Å². The molecule has 0 radical (unpaired) electrons. The third-order valence-electron chi connectivity index (χ3n) is 4.11. The second-order valence-electron chi connectivity index (χ2n) is 5.90. The second-order valence-corrected chi connectivity index (χ2v) is 6.96. The number of hydrogen-bond acceptors (Lipinski definition) is 6. The lowest BCUT2D eigenvalue weighted by atomic mass is 9.86. The van der Waals surface area contributed by atoms with Crippen LogP contribution >= 0.6 is 11.3 Å². The molecule has 1 aromatic heterocycles.